The van der Waals surface area contributed by atoms with E-state index in [0.717, 1.165) is 17.1 Å². The molecular formula is C22H22ClN3O3S2. The molecule has 162 valence electrons. The van der Waals surface area contributed by atoms with Crippen LogP contribution >= 0.6 is 22.9 Å². The van der Waals surface area contributed by atoms with Gasteiger partial charge in [0.15, 0.2) is 0 Å². The van der Waals surface area contributed by atoms with E-state index in [2.05, 4.69) is 15.0 Å². The molecule has 0 aliphatic carbocycles. The van der Waals surface area contributed by atoms with E-state index in [1.807, 2.05) is 19.2 Å². The average molecular weight is 476 g/mol. The van der Waals surface area contributed by atoms with Gasteiger partial charge in [0.2, 0.25) is 5.91 Å². The molecule has 0 saturated carbocycles. The number of hydrogen-bond donors (Lipinski definition) is 2. The summed E-state index contributed by atoms with van der Waals surface area (Å²) in [6, 6.07) is 12.7. The molecule has 2 aromatic carbocycles. The Bertz CT molecular complexity index is 1190. The first-order valence-corrected chi connectivity index (χ1v) is 12.3. The van der Waals surface area contributed by atoms with Crippen molar-refractivity contribution >= 4 is 50.6 Å². The second-order valence-electron chi connectivity index (χ2n) is 6.78. The summed E-state index contributed by atoms with van der Waals surface area (Å²) in [4.78, 5) is 16.8. The van der Waals surface area contributed by atoms with Crippen LogP contribution in [0.3, 0.4) is 0 Å². The predicted octanol–water partition coefficient (Wildman–Crippen LogP) is 5.19. The second-order valence-corrected chi connectivity index (χ2v) is 9.76. The van der Waals surface area contributed by atoms with E-state index in [9.17, 15) is 13.2 Å². The van der Waals surface area contributed by atoms with Crippen molar-refractivity contribution in [2.24, 2.45) is 0 Å². The van der Waals surface area contributed by atoms with Gasteiger partial charge in [0.1, 0.15) is 5.01 Å². The Balaban J connectivity index is 1.65. The Labute approximate surface area is 191 Å². The van der Waals surface area contributed by atoms with Crippen molar-refractivity contribution in [2.75, 3.05) is 4.72 Å². The number of aryl methyl sites for hydroxylation is 1. The van der Waals surface area contributed by atoms with Crippen molar-refractivity contribution in [1.82, 2.24) is 10.3 Å². The lowest BCUT2D eigenvalue weighted by molar-refractivity contribution is -0.117. The first kappa shape index (κ1) is 23.0. The lowest BCUT2D eigenvalue weighted by Gasteiger charge is -2.12. The molecule has 0 fully saturated rings. The minimum Gasteiger partial charge on any atom is -0.343 e. The van der Waals surface area contributed by atoms with Crippen molar-refractivity contribution in [2.45, 2.75) is 31.2 Å². The van der Waals surface area contributed by atoms with Gasteiger partial charge in [-0.15, -0.1) is 11.3 Å². The summed E-state index contributed by atoms with van der Waals surface area (Å²) in [5, 5.41) is 6.09. The molecular weight excluding hydrogens is 454 g/mol. The third kappa shape index (κ3) is 6.16. The fourth-order valence-corrected chi connectivity index (χ4v) is 5.02. The molecule has 2 N–H and O–H groups in total. The first-order chi connectivity index (χ1) is 14.8. The maximum absolute atomic E-state index is 12.6. The zero-order valence-corrected chi connectivity index (χ0v) is 19.4. The highest BCUT2D eigenvalue weighted by molar-refractivity contribution is 7.92. The molecule has 0 spiro atoms. The van der Waals surface area contributed by atoms with Gasteiger partial charge in [-0.1, -0.05) is 42.8 Å². The summed E-state index contributed by atoms with van der Waals surface area (Å²) < 4.78 is 27.6. The van der Waals surface area contributed by atoms with E-state index in [0.29, 0.717) is 16.3 Å². The molecule has 0 saturated heterocycles. The van der Waals surface area contributed by atoms with E-state index in [1.165, 1.54) is 29.5 Å². The molecule has 1 aromatic heterocycles. The SMILES string of the molecule is CCC(NC(=O)/C=C/c1ccc(S(=O)(=O)Nc2ccccc2Cl)cc1)c1nc(C)cs1. The smallest absolute Gasteiger partial charge is 0.261 e. The molecule has 1 atom stereocenters. The van der Waals surface area contributed by atoms with Crippen LogP contribution in [0.1, 0.15) is 35.7 Å². The van der Waals surface area contributed by atoms with Crippen LogP contribution < -0.4 is 10.0 Å². The average Bonchev–Trinajstić information content (AvgIpc) is 3.18. The zero-order chi connectivity index (χ0) is 22.4. The first-order valence-electron chi connectivity index (χ1n) is 9.56. The number of sulfonamides is 1. The summed E-state index contributed by atoms with van der Waals surface area (Å²) in [5.74, 6) is -0.239. The van der Waals surface area contributed by atoms with E-state index < -0.39 is 10.0 Å². The normalized spacial score (nSPS) is 12.6. The number of hydrogen-bond acceptors (Lipinski definition) is 5. The van der Waals surface area contributed by atoms with Gasteiger partial charge in [0.05, 0.1) is 21.6 Å². The van der Waals surface area contributed by atoms with Crippen molar-refractivity contribution in [3.63, 3.8) is 0 Å². The van der Waals surface area contributed by atoms with Crippen molar-refractivity contribution in [3.05, 3.63) is 81.3 Å². The van der Waals surface area contributed by atoms with E-state index in [4.69, 9.17) is 11.6 Å². The highest BCUT2D eigenvalue weighted by Gasteiger charge is 2.16. The fraction of sp³-hybridized carbons (Fsp3) is 0.182. The fourth-order valence-electron chi connectivity index (χ4n) is 2.77. The largest absolute Gasteiger partial charge is 0.343 e. The molecule has 0 radical (unpaired) electrons. The monoisotopic (exact) mass is 475 g/mol. The lowest BCUT2D eigenvalue weighted by atomic mass is 10.2. The van der Waals surface area contributed by atoms with Gasteiger partial charge in [-0.05, 0) is 49.2 Å². The number of nitrogens with zero attached hydrogens (tertiary/aromatic N) is 1. The van der Waals surface area contributed by atoms with Crippen LogP contribution in [0.5, 0.6) is 0 Å². The highest BCUT2D eigenvalue weighted by atomic mass is 35.5. The molecule has 31 heavy (non-hydrogen) atoms. The summed E-state index contributed by atoms with van der Waals surface area (Å²) in [6.07, 6.45) is 3.79. The number of amides is 1. The number of para-hydroxylation sites is 1. The number of thiazole rings is 1. The molecule has 3 rings (SSSR count). The van der Waals surface area contributed by atoms with Crippen molar-refractivity contribution < 1.29 is 13.2 Å². The molecule has 0 bridgehead atoms. The Hall–Kier alpha value is -2.68. The quantitative estimate of drug-likeness (QED) is 0.439. The van der Waals surface area contributed by atoms with Gasteiger partial charge in [0.25, 0.3) is 10.0 Å². The molecule has 3 aromatic rings. The molecule has 0 aliphatic rings. The molecule has 1 amide bonds. The van der Waals surface area contributed by atoms with Crippen LogP contribution in [0, 0.1) is 6.92 Å². The number of rotatable bonds is 8. The Morgan fingerprint density at radius 2 is 1.90 bits per heavy atom. The lowest BCUT2D eigenvalue weighted by Crippen LogP contribution is -2.26. The van der Waals surface area contributed by atoms with Gasteiger partial charge in [-0.25, -0.2) is 13.4 Å². The maximum atomic E-state index is 12.6. The number of carbonyl (C=O) groups excluding carboxylic acids is 1. The van der Waals surface area contributed by atoms with Gasteiger partial charge in [0, 0.05) is 17.2 Å². The maximum Gasteiger partial charge on any atom is 0.261 e. The molecule has 6 nitrogen and oxygen atoms in total. The third-order valence-electron chi connectivity index (χ3n) is 4.40. The van der Waals surface area contributed by atoms with Gasteiger partial charge >= 0.3 is 0 Å². The third-order valence-corrected chi connectivity index (χ3v) is 7.18. The van der Waals surface area contributed by atoms with Crippen molar-refractivity contribution in [1.29, 1.82) is 0 Å². The summed E-state index contributed by atoms with van der Waals surface area (Å²) in [5.41, 5.74) is 1.94. The van der Waals surface area contributed by atoms with Crippen LogP contribution in [0.2, 0.25) is 5.02 Å². The summed E-state index contributed by atoms with van der Waals surface area (Å²) in [7, 11) is -3.78. The molecule has 1 heterocycles. The van der Waals surface area contributed by atoms with Crippen LogP contribution in [0.25, 0.3) is 6.08 Å². The molecule has 9 heteroatoms. The standard InChI is InChI=1S/C22H22ClN3O3S2/c1-3-19(22-24-15(2)14-30-22)25-21(27)13-10-16-8-11-17(12-9-16)31(28,29)26-20-7-5-4-6-18(20)23/h4-14,19,26H,3H2,1-2H3,(H,25,27)/b13-10+. The highest BCUT2D eigenvalue weighted by Crippen LogP contribution is 2.24. The number of carbonyl (C=O) groups is 1. The van der Waals surface area contributed by atoms with E-state index in [1.54, 1.807) is 42.5 Å². The van der Waals surface area contributed by atoms with Gasteiger partial charge in [-0.3, -0.25) is 9.52 Å². The Kier molecular flexibility index (Phi) is 7.48. The second kappa shape index (κ2) is 10.1. The topological polar surface area (TPSA) is 88.2 Å². The van der Waals surface area contributed by atoms with Crippen molar-refractivity contribution in [3.8, 4) is 0 Å². The van der Waals surface area contributed by atoms with E-state index in [-0.39, 0.29) is 16.8 Å². The van der Waals surface area contributed by atoms with Gasteiger partial charge in [-0.2, -0.15) is 0 Å². The number of aromatic nitrogens is 1. The van der Waals surface area contributed by atoms with Crippen LogP contribution in [0.15, 0.2) is 64.9 Å². The number of nitrogens with one attached hydrogen (secondary N) is 2. The van der Waals surface area contributed by atoms with E-state index >= 15 is 0 Å². The number of anilines is 1. The Morgan fingerprint density at radius 1 is 1.19 bits per heavy atom. The zero-order valence-electron chi connectivity index (χ0n) is 17.0. The number of halogens is 1. The number of benzene rings is 2. The van der Waals surface area contributed by atoms with Gasteiger partial charge < -0.3 is 5.32 Å². The minimum atomic E-state index is -3.78. The molecule has 1 unspecified atom stereocenters. The molecule has 0 aliphatic heterocycles. The Morgan fingerprint density at radius 3 is 2.52 bits per heavy atom. The van der Waals surface area contributed by atoms with Crippen LogP contribution in [-0.4, -0.2) is 19.3 Å². The predicted molar refractivity (Wildman–Crippen MR) is 126 cm³/mol. The summed E-state index contributed by atoms with van der Waals surface area (Å²) >= 11 is 7.55. The summed E-state index contributed by atoms with van der Waals surface area (Å²) in [6.45, 7) is 3.91. The van der Waals surface area contributed by atoms with Crippen LogP contribution in [0.4, 0.5) is 5.69 Å². The minimum absolute atomic E-state index is 0.0965. The van der Waals surface area contributed by atoms with Crippen LogP contribution in [-0.2, 0) is 14.8 Å².